The third kappa shape index (κ3) is 4.35. The lowest BCUT2D eigenvalue weighted by Crippen LogP contribution is -2.14. The fourth-order valence-electron chi connectivity index (χ4n) is 3.10. The molecule has 0 unspecified atom stereocenters. The van der Waals surface area contributed by atoms with E-state index in [0.29, 0.717) is 5.56 Å². The molecule has 0 radical (unpaired) electrons. The van der Waals surface area contributed by atoms with Crippen LogP contribution in [0.1, 0.15) is 61.4 Å². The van der Waals surface area contributed by atoms with Crippen molar-refractivity contribution in [1.82, 2.24) is 0 Å². The van der Waals surface area contributed by atoms with Crippen molar-refractivity contribution in [2.45, 2.75) is 51.9 Å². The number of rotatable bonds is 5. The number of carbonyl (C=O) groups is 1. The van der Waals surface area contributed by atoms with E-state index in [0.717, 1.165) is 18.3 Å². The van der Waals surface area contributed by atoms with E-state index < -0.39 is 0 Å². The van der Waals surface area contributed by atoms with Crippen molar-refractivity contribution in [3.63, 3.8) is 0 Å². The van der Waals surface area contributed by atoms with E-state index >= 15 is 0 Å². The second kappa shape index (κ2) is 7.09. The largest absolute Gasteiger partial charge is 0.276 e. The smallest absolute Gasteiger partial charge is 0.252 e. The Morgan fingerprint density at radius 1 is 1.11 bits per heavy atom. The lowest BCUT2D eigenvalue weighted by molar-refractivity contribution is 0.108. The van der Waals surface area contributed by atoms with Gasteiger partial charge in [-0.2, -0.15) is 0 Å². The van der Waals surface area contributed by atoms with Crippen molar-refractivity contribution in [3.05, 3.63) is 35.4 Å². The highest BCUT2D eigenvalue weighted by Crippen LogP contribution is 2.33. The molecule has 0 spiro atoms. The zero-order valence-electron chi connectivity index (χ0n) is 11.7. The van der Waals surface area contributed by atoms with Gasteiger partial charge in [-0.05, 0) is 54.0 Å². The summed E-state index contributed by atoms with van der Waals surface area (Å²) in [4.78, 5) is 11.0. The molecule has 0 aliphatic heterocycles. The Labute approximate surface area is 121 Å². The van der Waals surface area contributed by atoms with Crippen LogP contribution < -0.4 is 0 Å². The van der Waals surface area contributed by atoms with E-state index in [4.69, 9.17) is 11.6 Å². The van der Waals surface area contributed by atoms with E-state index in [1.165, 1.54) is 44.1 Å². The standard InChI is InChI=1S/C17H23ClO/c1-2-13-3-5-14(6-4-13)7-8-15-9-11-16(12-10-15)17(18)19/h9-14H,2-8H2,1H3. The fourth-order valence-corrected chi connectivity index (χ4v) is 3.23. The SMILES string of the molecule is CCC1CCC(CCc2ccc(C(=O)Cl)cc2)CC1. The highest BCUT2D eigenvalue weighted by Gasteiger charge is 2.19. The molecular formula is C17H23ClO. The average molecular weight is 279 g/mol. The molecule has 0 atom stereocenters. The molecule has 19 heavy (non-hydrogen) atoms. The second-order valence-corrected chi connectivity index (χ2v) is 6.15. The molecule has 0 bridgehead atoms. The molecule has 2 heteroatoms. The van der Waals surface area contributed by atoms with Crippen molar-refractivity contribution >= 4 is 16.8 Å². The lowest BCUT2D eigenvalue weighted by Gasteiger charge is -2.27. The van der Waals surface area contributed by atoms with Crippen LogP contribution >= 0.6 is 11.6 Å². The van der Waals surface area contributed by atoms with Gasteiger partial charge in [0.15, 0.2) is 0 Å². The maximum atomic E-state index is 11.0. The van der Waals surface area contributed by atoms with Crippen LogP contribution in [0.25, 0.3) is 0 Å². The number of aryl methyl sites for hydroxylation is 1. The molecule has 104 valence electrons. The zero-order chi connectivity index (χ0) is 13.7. The van der Waals surface area contributed by atoms with Gasteiger partial charge in [0, 0.05) is 5.56 Å². The van der Waals surface area contributed by atoms with E-state index in [9.17, 15) is 4.79 Å². The third-order valence-electron chi connectivity index (χ3n) is 4.57. The Morgan fingerprint density at radius 3 is 2.21 bits per heavy atom. The first kappa shape index (κ1) is 14.6. The minimum atomic E-state index is -0.371. The molecular weight excluding hydrogens is 256 g/mol. The maximum absolute atomic E-state index is 11.0. The predicted molar refractivity (Wildman–Crippen MR) is 80.7 cm³/mol. The molecule has 0 amide bonds. The number of benzene rings is 1. The molecule has 1 nitrogen and oxygen atoms in total. The van der Waals surface area contributed by atoms with Gasteiger partial charge in [0.25, 0.3) is 5.24 Å². The number of carbonyl (C=O) groups excluding carboxylic acids is 1. The van der Waals surface area contributed by atoms with Crippen LogP contribution in [0.3, 0.4) is 0 Å². The first-order chi connectivity index (χ1) is 9.19. The van der Waals surface area contributed by atoms with Gasteiger partial charge in [-0.1, -0.05) is 51.2 Å². The van der Waals surface area contributed by atoms with Crippen molar-refractivity contribution in [3.8, 4) is 0 Å². The Balaban J connectivity index is 1.78. The lowest BCUT2D eigenvalue weighted by atomic mass is 9.78. The number of hydrogen-bond acceptors (Lipinski definition) is 1. The summed E-state index contributed by atoms with van der Waals surface area (Å²) < 4.78 is 0. The van der Waals surface area contributed by atoms with Gasteiger partial charge in [-0.25, -0.2) is 0 Å². The van der Waals surface area contributed by atoms with Crippen LogP contribution in [0.15, 0.2) is 24.3 Å². The summed E-state index contributed by atoms with van der Waals surface area (Å²) in [7, 11) is 0. The summed E-state index contributed by atoms with van der Waals surface area (Å²) in [6.45, 7) is 2.31. The Hall–Kier alpha value is -0.820. The van der Waals surface area contributed by atoms with E-state index in [1.807, 2.05) is 24.3 Å². The quantitative estimate of drug-likeness (QED) is 0.675. The highest BCUT2D eigenvalue weighted by molar-refractivity contribution is 6.67. The van der Waals surface area contributed by atoms with Gasteiger partial charge in [-0.15, -0.1) is 0 Å². The molecule has 1 aliphatic rings. The molecule has 1 aromatic rings. The molecule has 1 aliphatic carbocycles. The minimum absolute atomic E-state index is 0.371. The van der Waals surface area contributed by atoms with E-state index in [-0.39, 0.29) is 5.24 Å². The summed E-state index contributed by atoms with van der Waals surface area (Å²) in [5.41, 5.74) is 1.91. The topological polar surface area (TPSA) is 17.1 Å². The summed E-state index contributed by atoms with van der Waals surface area (Å²) in [5.74, 6) is 1.88. The van der Waals surface area contributed by atoms with Crippen LogP contribution in [0.2, 0.25) is 0 Å². The van der Waals surface area contributed by atoms with Crippen molar-refractivity contribution in [1.29, 1.82) is 0 Å². The predicted octanol–water partition coefficient (Wildman–Crippen LogP) is 5.21. The maximum Gasteiger partial charge on any atom is 0.252 e. The second-order valence-electron chi connectivity index (χ2n) is 5.80. The zero-order valence-corrected chi connectivity index (χ0v) is 12.5. The molecule has 2 rings (SSSR count). The van der Waals surface area contributed by atoms with Gasteiger partial charge < -0.3 is 0 Å². The average Bonchev–Trinajstić information content (AvgIpc) is 2.46. The van der Waals surface area contributed by atoms with Crippen LogP contribution in [-0.4, -0.2) is 5.24 Å². The summed E-state index contributed by atoms with van der Waals surface area (Å²) in [6, 6.07) is 7.73. The normalized spacial score (nSPS) is 23.3. The van der Waals surface area contributed by atoms with Gasteiger partial charge >= 0.3 is 0 Å². The van der Waals surface area contributed by atoms with Gasteiger partial charge in [0.2, 0.25) is 0 Å². The molecule has 0 saturated heterocycles. The first-order valence-corrected chi connectivity index (χ1v) is 7.85. The van der Waals surface area contributed by atoms with Crippen molar-refractivity contribution in [2.75, 3.05) is 0 Å². The van der Waals surface area contributed by atoms with Gasteiger partial charge in [-0.3, -0.25) is 4.79 Å². The monoisotopic (exact) mass is 278 g/mol. The van der Waals surface area contributed by atoms with Crippen LogP contribution in [0.5, 0.6) is 0 Å². The molecule has 1 saturated carbocycles. The third-order valence-corrected chi connectivity index (χ3v) is 4.78. The summed E-state index contributed by atoms with van der Waals surface area (Å²) in [6.07, 6.45) is 9.39. The molecule has 1 aromatic carbocycles. The van der Waals surface area contributed by atoms with Crippen LogP contribution in [0.4, 0.5) is 0 Å². The highest BCUT2D eigenvalue weighted by atomic mass is 35.5. The molecule has 1 fully saturated rings. The van der Waals surface area contributed by atoms with Crippen LogP contribution in [0, 0.1) is 11.8 Å². The Morgan fingerprint density at radius 2 is 1.68 bits per heavy atom. The number of hydrogen-bond donors (Lipinski definition) is 0. The fraction of sp³-hybridized carbons (Fsp3) is 0.588. The molecule has 0 aromatic heterocycles. The van der Waals surface area contributed by atoms with Crippen molar-refractivity contribution < 1.29 is 4.79 Å². The molecule has 0 N–H and O–H groups in total. The summed E-state index contributed by atoms with van der Waals surface area (Å²) >= 11 is 5.44. The van der Waals surface area contributed by atoms with Crippen LogP contribution in [-0.2, 0) is 6.42 Å². The first-order valence-electron chi connectivity index (χ1n) is 7.47. The number of halogens is 1. The van der Waals surface area contributed by atoms with Crippen molar-refractivity contribution in [2.24, 2.45) is 11.8 Å². The van der Waals surface area contributed by atoms with E-state index in [1.54, 1.807) is 0 Å². The van der Waals surface area contributed by atoms with Gasteiger partial charge in [0.05, 0.1) is 0 Å². The minimum Gasteiger partial charge on any atom is -0.276 e. The molecule has 0 heterocycles. The Bertz CT molecular complexity index is 402. The van der Waals surface area contributed by atoms with Gasteiger partial charge in [0.1, 0.15) is 0 Å². The van der Waals surface area contributed by atoms with E-state index in [2.05, 4.69) is 6.92 Å². The summed E-state index contributed by atoms with van der Waals surface area (Å²) in [5, 5.41) is -0.371. The Kier molecular flexibility index (Phi) is 5.45.